The van der Waals surface area contributed by atoms with Gasteiger partial charge in [0.25, 0.3) is 5.69 Å². The molecule has 106 valence electrons. The summed E-state index contributed by atoms with van der Waals surface area (Å²) in [5.74, 6) is 0. The zero-order valence-electron chi connectivity index (χ0n) is 10.8. The lowest BCUT2D eigenvalue weighted by molar-refractivity contribution is -0.385. The van der Waals surface area contributed by atoms with Gasteiger partial charge in [0.15, 0.2) is 0 Å². The fraction of sp³-hybridized carbons (Fsp3) is 0.538. The Bertz CT molecular complexity index is 413. The Morgan fingerprint density at radius 1 is 1.26 bits per heavy atom. The van der Waals surface area contributed by atoms with Crippen LogP contribution in [-0.4, -0.2) is 23.2 Å². The zero-order valence-corrected chi connectivity index (χ0v) is 12.4. The van der Waals surface area contributed by atoms with E-state index in [9.17, 15) is 10.1 Å². The van der Waals surface area contributed by atoms with E-state index in [0.717, 1.165) is 36.7 Å². The van der Waals surface area contributed by atoms with Crippen molar-refractivity contribution in [2.45, 2.75) is 32.2 Å². The van der Waals surface area contributed by atoms with Gasteiger partial charge in [-0.05, 0) is 31.5 Å². The molecule has 1 aromatic carbocycles. The number of nitrogens with one attached hydrogen (secondary N) is 1. The number of aliphatic hydroxyl groups is 1. The normalized spacial score (nSPS) is 10.6. The van der Waals surface area contributed by atoms with Crippen LogP contribution in [0.15, 0.2) is 22.7 Å². The second-order valence-corrected chi connectivity index (χ2v) is 5.26. The van der Waals surface area contributed by atoms with Crippen LogP contribution in [-0.2, 0) is 6.54 Å². The first-order valence-corrected chi connectivity index (χ1v) is 7.19. The molecule has 0 spiro atoms. The van der Waals surface area contributed by atoms with Gasteiger partial charge in [-0.25, -0.2) is 0 Å². The van der Waals surface area contributed by atoms with Gasteiger partial charge in [0.2, 0.25) is 0 Å². The maximum atomic E-state index is 10.9. The van der Waals surface area contributed by atoms with Crippen LogP contribution in [0.25, 0.3) is 0 Å². The van der Waals surface area contributed by atoms with E-state index < -0.39 is 0 Å². The van der Waals surface area contributed by atoms with Gasteiger partial charge in [-0.3, -0.25) is 10.1 Å². The maximum absolute atomic E-state index is 10.9. The van der Waals surface area contributed by atoms with Crippen LogP contribution in [0.3, 0.4) is 0 Å². The molecular weight excluding hydrogens is 312 g/mol. The minimum atomic E-state index is -0.356. The Labute approximate surface area is 121 Å². The molecule has 0 fully saturated rings. The molecule has 6 heteroatoms. The monoisotopic (exact) mass is 330 g/mol. The summed E-state index contributed by atoms with van der Waals surface area (Å²) in [5.41, 5.74) is 0.839. The third kappa shape index (κ3) is 6.13. The minimum absolute atomic E-state index is 0.149. The van der Waals surface area contributed by atoms with Crippen molar-refractivity contribution in [3.05, 3.63) is 38.3 Å². The molecule has 5 nitrogen and oxygen atoms in total. The van der Waals surface area contributed by atoms with Gasteiger partial charge in [0, 0.05) is 29.3 Å². The Balaban J connectivity index is 2.36. The highest BCUT2D eigenvalue weighted by Crippen LogP contribution is 2.22. The number of hydrogen-bond acceptors (Lipinski definition) is 4. The van der Waals surface area contributed by atoms with Crippen molar-refractivity contribution in [2.24, 2.45) is 0 Å². The van der Waals surface area contributed by atoms with Gasteiger partial charge in [0.1, 0.15) is 0 Å². The van der Waals surface area contributed by atoms with E-state index in [1.54, 1.807) is 12.1 Å². The number of nitrogens with zero attached hydrogens (tertiary/aromatic N) is 1. The highest BCUT2D eigenvalue weighted by Gasteiger charge is 2.12. The number of unbranched alkanes of at least 4 members (excludes halogenated alkanes) is 3. The number of nitro benzene ring substituents is 1. The topological polar surface area (TPSA) is 75.4 Å². The van der Waals surface area contributed by atoms with Crippen LogP contribution in [0.1, 0.15) is 31.2 Å². The van der Waals surface area contributed by atoms with E-state index in [2.05, 4.69) is 21.2 Å². The van der Waals surface area contributed by atoms with Crippen molar-refractivity contribution in [1.82, 2.24) is 5.32 Å². The van der Waals surface area contributed by atoms with Crippen molar-refractivity contribution >= 4 is 21.6 Å². The Morgan fingerprint density at radius 2 is 2.00 bits per heavy atom. The summed E-state index contributed by atoms with van der Waals surface area (Å²) in [6.07, 6.45) is 3.95. The molecule has 0 aliphatic heterocycles. The highest BCUT2D eigenvalue weighted by molar-refractivity contribution is 9.10. The third-order valence-electron chi connectivity index (χ3n) is 2.82. The molecule has 0 unspecified atom stereocenters. The molecule has 0 atom stereocenters. The summed E-state index contributed by atoms with van der Waals surface area (Å²) in [5, 5.41) is 22.7. The molecule has 1 rings (SSSR count). The van der Waals surface area contributed by atoms with Crippen molar-refractivity contribution in [3.8, 4) is 0 Å². The number of hydrogen-bond donors (Lipinski definition) is 2. The fourth-order valence-corrected chi connectivity index (χ4v) is 2.22. The van der Waals surface area contributed by atoms with E-state index >= 15 is 0 Å². The smallest absolute Gasteiger partial charge is 0.273 e. The molecule has 1 aromatic rings. The van der Waals surface area contributed by atoms with Crippen molar-refractivity contribution in [1.29, 1.82) is 0 Å². The fourth-order valence-electron chi connectivity index (χ4n) is 1.81. The van der Waals surface area contributed by atoms with Gasteiger partial charge in [-0.1, -0.05) is 28.8 Å². The lowest BCUT2D eigenvalue weighted by Crippen LogP contribution is -2.15. The van der Waals surface area contributed by atoms with Crippen molar-refractivity contribution < 1.29 is 10.0 Å². The average Bonchev–Trinajstić information content (AvgIpc) is 2.37. The number of nitro groups is 1. The largest absolute Gasteiger partial charge is 0.396 e. The SMILES string of the molecule is O=[N+]([O-])c1ccc(Br)cc1CNCCCCCCO. The summed E-state index contributed by atoms with van der Waals surface area (Å²) in [6.45, 7) is 1.57. The molecule has 0 aromatic heterocycles. The quantitative estimate of drug-likeness (QED) is 0.414. The predicted molar refractivity (Wildman–Crippen MR) is 78.1 cm³/mol. The van der Waals surface area contributed by atoms with Gasteiger partial charge in [0.05, 0.1) is 4.92 Å². The molecule has 0 saturated heterocycles. The van der Waals surface area contributed by atoms with Crippen LogP contribution < -0.4 is 5.32 Å². The van der Waals surface area contributed by atoms with E-state index in [1.165, 1.54) is 6.07 Å². The molecule has 0 amide bonds. The Hall–Kier alpha value is -0.980. The second kappa shape index (κ2) is 9.01. The maximum Gasteiger partial charge on any atom is 0.273 e. The third-order valence-corrected chi connectivity index (χ3v) is 3.31. The minimum Gasteiger partial charge on any atom is -0.396 e. The number of benzene rings is 1. The first kappa shape index (κ1) is 16.1. The van der Waals surface area contributed by atoms with Crippen molar-refractivity contribution in [2.75, 3.05) is 13.2 Å². The van der Waals surface area contributed by atoms with Gasteiger partial charge in [-0.15, -0.1) is 0 Å². The summed E-state index contributed by atoms with van der Waals surface area (Å²) >= 11 is 3.32. The van der Waals surface area contributed by atoms with E-state index in [4.69, 9.17) is 5.11 Å². The standard InChI is InChI=1S/C13H19BrN2O3/c14-12-5-6-13(16(18)19)11(9-12)10-15-7-3-1-2-4-8-17/h5-6,9,15,17H,1-4,7-8,10H2. The summed E-state index contributed by atoms with van der Waals surface area (Å²) in [4.78, 5) is 10.5. The van der Waals surface area contributed by atoms with E-state index in [1.807, 2.05) is 0 Å². The van der Waals surface area contributed by atoms with E-state index in [-0.39, 0.29) is 17.2 Å². The number of rotatable bonds is 9. The lowest BCUT2D eigenvalue weighted by Gasteiger charge is -2.06. The van der Waals surface area contributed by atoms with Gasteiger partial charge < -0.3 is 10.4 Å². The molecule has 19 heavy (non-hydrogen) atoms. The summed E-state index contributed by atoms with van der Waals surface area (Å²) in [6, 6.07) is 4.97. The van der Waals surface area contributed by atoms with Crippen LogP contribution in [0.4, 0.5) is 5.69 Å². The Kier molecular flexibility index (Phi) is 7.62. The van der Waals surface area contributed by atoms with Gasteiger partial charge in [-0.2, -0.15) is 0 Å². The summed E-state index contributed by atoms with van der Waals surface area (Å²) in [7, 11) is 0. The predicted octanol–water partition coefficient (Wildman–Crippen LogP) is 3.00. The van der Waals surface area contributed by atoms with Gasteiger partial charge >= 0.3 is 0 Å². The second-order valence-electron chi connectivity index (χ2n) is 4.34. The first-order chi connectivity index (χ1) is 9.15. The van der Waals surface area contributed by atoms with E-state index in [0.29, 0.717) is 12.1 Å². The van der Waals surface area contributed by atoms with Crippen LogP contribution in [0, 0.1) is 10.1 Å². The summed E-state index contributed by atoms with van der Waals surface area (Å²) < 4.78 is 0.845. The molecule has 0 heterocycles. The lowest BCUT2D eigenvalue weighted by atomic mass is 10.1. The van der Waals surface area contributed by atoms with Crippen LogP contribution in [0.5, 0.6) is 0 Å². The number of aliphatic hydroxyl groups excluding tert-OH is 1. The molecule has 2 N–H and O–H groups in total. The molecule has 0 radical (unpaired) electrons. The number of halogens is 1. The average molecular weight is 331 g/mol. The Morgan fingerprint density at radius 3 is 2.68 bits per heavy atom. The zero-order chi connectivity index (χ0) is 14.1. The van der Waals surface area contributed by atoms with Crippen LogP contribution in [0.2, 0.25) is 0 Å². The highest BCUT2D eigenvalue weighted by atomic mass is 79.9. The molecule has 0 aliphatic rings. The van der Waals surface area contributed by atoms with Crippen LogP contribution >= 0.6 is 15.9 Å². The molecule has 0 bridgehead atoms. The first-order valence-electron chi connectivity index (χ1n) is 6.39. The van der Waals surface area contributed by atoms with Crippen molar-refractivity contribution in [3.63, 3.8) is 0 Å². The molecule has 0 aliphatic carbocycles. The molecular formula is C13H19BrN2O3. The molecule has 0 saturated carbocycles.